The molecule has 0 saturated heterocycles. The van der Waals surface area contributed by atoms with E-state index in [9.17, 15) is 4.79 Å². The molecule has 3 aromatic rings. The largest absolute Gasteiger partial charge is 0.399 e. The Kier molecular flexibility index (Phi) is 1.99. The van der Waals surface area contributed by atoms with E-state index in [1.807, 2.05) is 42.5 Å². The minimum atomic E-state index is 0.0102. The van der Waals surface area contributed by atoms with E-state index in [1.54, 1.807) is 6.07 Å². The zero-order valence-electron chi connectivity index (χ0n) is 10.7. The Hall–Kier alpha value is -2.81. The van der Waals surface area contributed by atoms with Crippen LogP contribution in [0.5, 0.6) is 0 Å². The molecule has 4 rings (SSSR count). The molecule has 0 heterocycles. The summed E-state index contributed by atoms with van der Waals surface area (Å²) in [6.45, 7) is 0. The smallest absolute Gasteiger partial charge is 0.194 e. The second kappa shape index (κ2) is 3.61. The first kappa shape index (κ1) is 11.1. The lowest BCUT2D eigenvalue weighted by molar-refractivity contribution is 0.104. The van der Waals surface area contributed by atoms with Crippen molar-refractivity contribution in [3.63, 3.8) is 0 Å². The van der Waals surface area contributed by atoms with E-state index in [0.717, 1.165) is 21.9 Å². The Labute approximate surface area is 115 Å². The van der Waals surface area contributed by atoms with Gasteiger partial charge in [-0.3, -0.25) is 4.79 Å². The third-order valence-electron chi connectivity index (χ3n) is 3.90. The van der Waals surface area contributed by atoms with Crippen molar-refractivity contribution in [3.05, 3.63) is 59.7 Å². The summed E-state index contributed by atoms with van der Waals surface area (Å²) in [7, 11) is 0. The zero-order valence-corrected chi connectivity index (χ0v) is 10.7. The number of anilines is 2. The van der Waals surface area contributed by atoms with Crippen molar-refractivity contribution in [1.29, 1.82) is 0 Å². The van der Waals surface area contributed by atoms with Crippen LogP contribution in [0.4, 0.5) is 11.4 Å². The number of carbonyl (C=O) groups excluding carboxylic acids is 1. The van der Waals surface area contributed by atoms with E-state index in [1.165, 1.54) is 0 Å². The van der Waals surface area contributed by atoms with E-state index in [4.69, 9.17) is 11.5 Å². The van der Waals surface area contributed by atoms with Gasteiger partial charge in [0.15, 0.2) is 5.78 Å². The van der Waals surface area contributed by atoms with Crippen molar-refractivity contribution in [1.82, 2.24) is 0 Å². The highest BCUT2D eigenvalue weighted by atomic mass is 16.1. The average molecular weight is 260 g/mol. The predicted molar refractivity (Wildman–Crippen MR) is 81.6 cm³/mol. The predicted octanol–water partition coefficient (Wildman–Crippen LogP) is 3.22. The molecule has 0 bridgehead atoms. The van der Waals surface area contributed by atoms with Crippen LogP contribution in [0.3, 0.4) is 0 Å². The van der Waals surface area contributed by atoms with Gasteiger partial charge in [0.05, 0.1) is 0 Å². The van der Waals surface area contributed by atoms with E-state index >= 15 is 0 Å². The number of nitrogens with two attached hydrogens (primary N) is 2. The van der Waals surface area contributed by atoms with Crippen molar-refractivity contribution in [2.24, 2.45) is 0 Å². The number of rotatable bonds is 0. The second-order valence-electron chi connectivity index (χ2n) is 5.06. The summed E-state index contributed by atoms with van der Waals surface area (Å²) in [5.74, 6) is 0.0102. The van der Waals surface area contributed by atoms with Crippen molar-refractivity contribution < 1.29 is 4.79 Å². The summed E-state index contributed by atoms with van der Waals surface area (Å²) in [6.07, 6.45) is 0. The summed E-state index contributed by atoms with van der Waals surface area (Å²) < 4.78 is 0. The Bertz CT molecular complexity index is 897. The third kappa shape index (κ3) is 1.26. The number of hydrogen-bond donors (Lipinski definition) is 2. The number of hydrogen-bond acceptors (Lipinski definition) is 3. The standard InChI is InChI=1S/C17H12N2O/c18-9-4-5-10-11-6-7-15(19)12-2-1-3-13(16(11)12)17(20)14(10)8-9/h1-8H,18-19H2. The van der Waals surface area contributed by atoms with Gasteiger partial charge in [-0.1, -0.05) is 30.3 Å². The Morgan fingerprint density at radius 1 is 0.750 bits per heavy atom. The Balaban J connectivity index is 2.24. The maximum Gasteiger partial charge on any atom is 0.194 e. The van der Waals surface area contributed by atoms with Crippen LogP contribution in [0, 0.1) is 0 Å². The topological polar surface area (TPSA) is 69.1 Å². The first-order valence-corrected chi connectivity index (χ1v) is 6.42. The highest BCUT2D eigenvalue weighted by molar-refractivity contribution is 6.27. The lowest BCUT2D eigenvalue weighted by Crippen LogP contribution is -2.10. The molecule has 96 valence electrons. The lowest BCUT2D eigenvalue weighted by Gasteiger charge is -2.20. The fourth-order valence-electron chi connectivity index (χ4n) is 2.97. The molecule has 4 N–H and O–H groups in total. The second-order valence-corrected chi connectivity index (χ2v) is 5.06. The molecule has 0 amide bonds. The molecule has 0 radical (unpaired) electrons. The van der Waals surface area contributed by atoms with Crippen LogP contribution in [0.15, 0.2) is 48.5 Å². The SMILES string of the molecule is Nc1ccc2c(c1)C(=O)c1cccc3c(N)ccc-2c13. The molecular formula is C17H12N2O. The first-order valence-electron chi connectivity index (χ1n) is 6.42. The van der Waals surface area contributed by atoms with E-state index in [0.29, 0.717) is 22.5 Å². The monoisotopic (exact) mass is 260 g/mol. The van der Waals surface area contributed by atoms with Crippen molar-refractivity contribution in [2.75, 3.05) is 11.5 Å². The van der Waals surface area contributed by atoms with Gasteiger partial charge in [0.1, 0.15) is 0 Å². The summed E-state index contributed by atoms with van der Waals surface area (Å²) in [4.78, 5) is 12.7. The third-order valence-corrected chi connectivity index (χ3v) is 3.90. The molecule has 20 heavy (non-hydrogen) atoms. The normalized spacial score (nSPS) is 12.5. The van der Waals surface area contributed by atoms with Gasteiger partial charge in [0, 0.05) is 33.3 Å². The highest BCUT2D eigenvalue weighted by Crippen LogP contribution is 2.41. The number of ketones is 1. The van der Waals surface area contributed by atoms with E-state index in [2.05, 4.69) is 0 Å². The van der Waals surface area contributed by atoms with Gasteiger partial charge in [-0.25, -0.2) is 0 Å². The van der Waals surface area contributed by atoms with Crippen LogP contribution < -0.4 is 11.5 Å². The molecule has 3 aromatic carbocycles. The first-order chi connectivity index (χ1) is 9.66. The van der Waals surface area contributed by atoms with Crippen LogP contribution in [-0.4, -0.2) is 5.78 Å². The van der Waals surface area contributed by atoms with Crippen LogP contribution in [0.25, 0.3) is 21.9 Å². The summed E-state index contributed by atoms with van der Waals surface area (Å²) >= 11 is 0. The number of benzene rings is 3. The van der Waals surface area contributed by atoms with Crippen molar-refractivity contribution in [3.8, 4) is 11.1 Å². The molecule has 0 atom stereocenters. The molecule has 0 aliphatic heterocycles. The molecule has 3 heteroatoms. The van der Waals surface area contributed by atoms with Crippen LogP contribution in [0.1, 0.15) is 15.9 Å². The highest BCUT2D eigenvalue weighted by Gasteiger charge is 2.25. The van der Waals surface area contributed by atoms with Gasteiger partial charge in [0.2, 0.25) is 0 Å². The van der Waals surface area contributed by atoms with Gasteiger partial charge < -0.3 is 11.5 Å². The summed E-state index contributed by atoms with van der Waals surface area (Å²) in [6, 6.07) is 15.0. The van der Waals surface area contributed by atoms with Crippen LogP contribution in [-0.2, 0) is 0 Å². The average Bonchev–Trinajstić information content (AvgIpc) is 2.46. The molecule has 0 saturated carbocycles. The van der Waals surface area contributed by atoms with E-state index in [-0.39, 0.29) is 5.78 Å². The van der Waals surface area contributed by atoms with E-state index < -0.39 is 0 Å². The van der Waals surface area contributed by atoms with Crippen LogP contribution >= 0.6 is 0 Å². The van der Waals surface area contributed by atoms with Gasteiger partial charge in [-0.15, -0.1) is 0 Å². The molecule has 0 aromatic heterocycles. The quantitative estimate of drug-likeness (QED) is 0.477. The minimum Gasteiger partial charge on any atom is -0.399 e. The molecule has 1 aliphatic rings. The van der Waals surface area contributed by atoms with Crippen LogP contribution in [0.2, 0.25) is 0 Å². The lowest BCUT2D eigenvalue weighted by atomic mass is 9.82. The summed E-state index contributed by atoms with van der Waals surface area (Å²) in [5, 5.41) is 1.87. The Morgan fingerprint density at radius 3 is 2.40 bits per heavy atom. The van der Waals surface area contributed by atoms with Gasteiger partial charge in [0.25, 0.3) is 0 Å². The Morgan fingerprint density at radius 2 is 1.55 bits per heavy atom. The fraction of sp³-hybridized carbons (Fsp3) is 0. The minimum absolute atomic E-state index is 0.0102. The number of carbonyl (C=O) groups is 1. The van der Waals surface area contributed by atoms with Gasteiger partial charge in [-0.2, -0.15) is 0 Å². The molecule has 0 fully saturated rings. The fourth-order valence-corrected chi connectivity index (χ4v) is 2.97. The zero-order chi connectivity index (χ0) is 13.9. The molecule has 1 aliphatic carbocycles. The maximum absolute atomic E-state index is 12.7. The van der Waals surface area contributed by atoms with Crippen molar-refractivity contribution in [2.45, 2.75) is 0 Å². The van der Waals surface area contributed by atoms with Gasteiger partial charge in [-0.05, 0) is 29.3 Å². The molecule has 3 nitrogen and oxygen atoms in total. The molecule has 0 unspecified atom stereocenters. The maximum atomic E-state index is 12.7. The van der Waals surface area contributed by atoms with Gasteiger partial charge >= 0.3 is 0 Å². The number of nitrogen functional groups attached to an aromatic ring is 2. The molecular weight excluding hydrogens is 248 g/mol. The summed E-state index contributed by atoms with van der Waals surface area (Å²) in [5.41, 5.74) is 16.5. The number of fused-ring (bicyclic) bond motifs is 2. The molecule has 0 spiro atoms. The van der Waals surface area contributed by atoms with Crippen molar-refractivity contribution >= 4 is 27.9 Å².